The molecule has 0 aliphatic carbocycles. The number of phenolic OH excluding ortho intramolecular Hbond substituents is 1. The Hall–Kier alpha value is -3.71. The van der Waals surface area contributed by atoms with Gasteiger partial charge in [-0.1, -0.05) is 28.1 Å². The number of imidazole rings is 1. The minimum Gasteiger partial charge on any atom is -0.508 e. The molecule has 0 unspecified atom stereocenters. The summed E-state index contributed by atoms with van der Waals surface area (Å²) in [7, 11) is 0. The van der Waals surface area contributed by atoms with E-state index in [0.29, 0.717) is 5.69 Å². The summed E-state index contributed by atoms with van der Waals surface area (Å²) in [6.45, 7) is 0. The molecule has 146 valence electrons. The second-order valence-corrected chi connectivity index (χ2v) is 7.80. The topological polar surface area (TPSA) is 94.1 Å². The van der Waals surface area contributed by atoms with E-state index in [1.165, 1.54) is 0 Å². The molecule has 0 bridgehead atoms. The fraction of sp³-hybridized carbons (Fsp3) is 0. The molecule has 2 heterocycles. The highest BCUT2D eigenvalue weighted by Gasteiger charge is 2.17. The van der Waals surface area contributed by atoms with Crippen molar-refractivity contribution < 1.29 is 5.11 Å². The normalized spacial score (nSPS) is 11.1. The van der Waals surface area contributed by atoms with Crippen LogP contribution >= 0.6 is 15.9 Å². The summed E-state index contributed by atoms with van der Waals surface area (Å²) in [6, 6.07) is 20.0. The zero-order valence-corrected chi connectivity index (χ0v) is 17.1. The zero-order chi connectivity index (χ0) is 20.7. The fourth-order valence-electron chi connectivity index (χ4n) is 3.52. The number of aromatic hydroxyl groups is 1. The zero-order valence-electron chi connectivity index (χ0n) is 15.6. The number of nitroso groups, excluding NO2 is 1. The van der Waals surface area contributed by atoms with Crippen LogP contribution in [0.3, 0.4) is 0 Å². The van der Waals surface area contributed by atoms with Crippen LogP contribution in [0, 0.1) is 4.91 Å². The lowest BCUT2D eigenvalue weighted by Crippen LogP contribution is -1.83. The SMILES string of the molecule is O=Nc1ccc(-c2[nH]c(-c3c[nH]c4ccc(Br)cc34)nc2-c2ccc(O)cc2)cc1. The maximum atomic E-state index is 10.8. The average Bonchev–Trinajstić information content (AvgIpc) is 3.38. The number of hydrogen-bond acceptors (Lipinski definition) is 4. The third-order valence-electron chi connectivity index (χ3n) is 5.00. The van der Waals surface area contributed by atoms with Gasteiger partial charge in [0, 0.05) is 38.3 Å². The van der Waals surface area contributed by atoms with Crippen molar-refractivity contribution in [1.82, 2.24) is 15.0 Å². The molecule has 6 nitrogen and oxygen atoms in total. The van der Waals surface area contributed by atoms with Crippen molar-refractivity contribution >= 4 is 32.5 Å². The van der Waals surface area contributed by atoms with Crippen molar-refractivity contribution in [2.24, 2.45) is 5.18 Å². The molecule has 3 aromatic carbocycles. The van der Waals surface area contributed by atoms with Gasteiger partial charge in [0.15, 0.2) is 0 Å². The van der Waals surface area contributed by atoms with Gasteiger partial charge in [0.1, 0.15) is 17.3 Å². The fourth-order valence-corrected chi connectivity index (χ4v) is 3.88. The molecule has 0 aliphatic rings. The molecule has 0 atom stereocenters. The van der Waals surface area contributed by atoms with Crippen molar-refractivity contribution in [3.63, 3.8) is 0 Å². The number of aromatic nitrogens is 3. The van der Waals surface area contributed by atoms with Crippen LogP contribution in [0.25, 0.3) is 44.8 Å². The standard InChI is InChI=1S/C23H15BrN4O2/c24-15-5-10-20-18(11-15)19(12-25-20)23-26-21(13-1-6-16(28-30)7-2-13)22(27-23)14-3-8-17(29)9-4-14/h1-12,25,29H,(H,26,27). The van der Waals surface area contributed by atoms with E-state index < -0.39 is 0 Å². The quantitative estimate of drug-likeness (QED) is 0.259. The summed E-state index contributed by atoms with van der Waals surface area (Å²) in [5, 5.41) is 13.7. The minimum absolute atomic E-state index is 0.193. The number of hydrogen-bond donors (Lipinski definition) is 3. The van der Waals surface area contributed by atoms with Gasteiger partial charge in [-0.05, 0) is 59.8 Å². The van der Waals surface area contributed by atoms with Crippen LogP contribution < -0.4 is 0 Å². The van der Waals surface area contributed by atoms with E-state index in [1.54, 1.807) is 24.3 Å². The molecule has 5 aromatic rings. The first-order valence-corrected chi connectivity index (χ1v) is 10.0. The van der Waals surface area contributed by atoms with Crippen LogP contribution in [-0.4, -0.2) is 20.1 Å². The van der Waals surface area contributed by atoms with Crippen LogP contribution in [0.15, 0.2) is 82.6 Å². The van der Waals surface area contributed by atoms with E-state index in [0.717, 1.165) is 49.3 Å². The number of halogens is 1. The smallest absolute Gasteiger partial charge is 0.140 e. The number of nitrogens with zero attached hydrogens (tertiary/aromatic N) is 2. The number of phenols is 1. The largest absolute Gasteiger partial charge is 0.508 e. The summed E-state index contributed by atoms with van der Waals surface area (Å²) < 4.78 is 0.985. The predicted octanol–water partition coefficient (Wildman–Crippen LogP) is 6.76. The summed E-state index contributed by atoms with van der Waals surface area (Å²) in [4.78, 5) is 22.4. The third kappa shape index (κ3) is 3.19. The maximum Gasteiger partial charge on any atom is 0.140 e. The Morgan fingerprint density at radius 2 is 1.67 bits per heavy atom. The Kier molecular flexibility index (Phi) is 4.44. The minimum atomic E-state index is 0.193. The van der Waals surface area contributed by atoms with Crippen LogP contribution in [0.2, 0.25) is 0 Å². The first-order valence-electron chi connectivity index (χ1n) is 9.22. The Balaban J connectivity index is 1.71. The van der Waals surface area contributed by atoms with E-state index in [1.807, 2.05) is 48.7 Å². The van der Waals surface area contributed by atoms with Crippen LogP contribution in [-0.2, 0) is 0 Å². The number of aromatic amines is 2. The van der Waals surface area contributed by atoms with Gasteiger partial charge in [-0.2, -0.15) is 0 Å². The van der Waals surface area contributed by atoms with Gasteiger partial charge in [-0.15, -0.1) is 4.91 Å². The molecule has 0 saturated heterocycles. The Labute approximate surface area is 179 Å². The number of H-pyrrole nitrogens is 2. The monoisotopic (exact) mass is 458 g/mol. The van der Waals surface area contributed by atoms with Crippen molar-refractivity contribution in [3.8, 4) is 39.7 Å². The summed E-state index contributed by atoms with van der Waals surface area (Å²) >= 11 is 3.53. The average molecular weight is 459 g/mol. The van der Waals surface area contributed by atoms with E-state index in [2.05, 4.69) is 31.1 Å². The highest BCUT2D eigenvalue weighted by atomic mass is 79.9. The molecule has 2 aromatic heterocycles. The van der Waals surface area contributed by atoms with Gasteiger partial charge < -0.3 is 15.1 Å². The second kappa shape index (κ2) is 7.27. The molecule has 3 N–H and O–H groups in total. The molecule has 0 radical (unpaired) electrons. The van der Waals surface area contributed by atoms with Gasteiger partial charge in [-0.3, -0.25) is 0 Å². The molecule has 5 rings (SSSR count). The van der Waals surface area contributed by atoms with E-state index in [-0.39, 0.29) is 5.75 Å². The molecule has 0 aliphatic heterocycles. The van der Waals surface area contributed by atoms with Crippen LogP contribution in [0.5, 0.6) is 5.75 Å². The highest BCUT2D eigenvalue weighted by molar-refractivity contribution is 9.10. The molecular weight excluding hydrogens is 444 g/mol. The van der Waals surface area contributed by atoms with Gasteiger partial charge in [0.05, 0.1) is 11.4 Å². The van der Waals surface area contributed by atoms with Gasteiger partial charge in [0.2, 0.25) is 0 Å². The first kappa shape index (κ1) is 18.3. The van der Waals surface area contributed by atoms with E-state index >= 15 is 0 Å². The van der Waals surface area contributed by atoms with Crippen molar-refractivity contribution in [3.05, 3.63) is 82.3 Å². The second-order valence-electron chi connectivity index (χ2n) is 6.89. The summed E-state index contributed by atoms with van der Waals surface area (Å²) in [6.07, 6.45) is 1.93. The molecule has 0 spiro atoms. The molecule has 0 saturated carbocycles. The number of rotatable bonds is 4. The van der Waals surface area contributed by atoms with E-state index in [4.69, 9.17) is 4.98 Å². The lowest BCUT2D eigenvalue weighted by Gasteiger charge is -2.03. The number of fused-ring (bicyclic) bond motifs is 1. The molecule has 0 fully saturated rings. The van der Waals surface area contributed by atoms with Gasteiger partial charge >= 0.3 is 0 Å². The first-order chi connectivity index (χ1) is 14.6. The number of benzene rings is 3. The van der Waals surface area contributed by atoms with Crippen molar-refractivity contribution in [2.45, 2.75) is 0 Å². The molecule has 7 heteroatoms. The summed E-state index contributed by atoms with van der Waals surface area (Å²) in [5.41, 5.74) is 5.64. The van der Waals surface area contributed by atoms with E-state index in [9.17, 15) is 10.0 Å². The summed E-state index contributed by atoms with van der Waals surface area (Å²) in [5.74, 6) is 0.911. The number of nitrogens with one attached hydrogen (secondary N) is 2. The molecule has 30 heavy (non-hydrogen) atoms. The van der Waals surface area contributed by atoms with Crippen molar-refractivity contribution in [2.75, 3.05) is 0 Å². The van der Waals surface area contributed by atoms with Gasteiger partial charge in [-0.25, -0.2) is 4.98 Å². The molecule has 0 amide bonds. The highest BCUT2D eigenvalue weighted by Crippen LogP contribution is 2.36. The third-order valence-corrected chi connectivity index (χ3v) is 5.50. The van der Waals surface area contributed by atoms with Crippen molar-refractivity contribution in [1.29, 1.82) is 0 Å². The Morgan fingerprint density at radius 1 is 0.933 bits per heavy atom. The van der Waals surface area contributed by atoms with Crippen LogP contribution in [0.1, 0.15) is 0 Å². The maximum absolute atomic E-state index is 10.8. The van der Waals surface area contributed by atoms with Crippen LogP contribution in [0.4, 0.5) is 5.69 Å². The lowest BCUT2D eigenvalue weighted by atomic mass is 10.0. The van der Waals surface area contributed by atoms with Gasteiger partial charge in [0.25, 0.3) is 0 Å². The Bertz CT molecular complexity index is 1370. The lowest BCUT2D eigenvalue weighted by molar-refractivity contribution is 0.475. The Morgan fingerprint density at radius 3 is 2.40 bits per heavy atom. The predicted molar refractivity (Wildman–Crippen MR) is 122 cm³/mol. The molecular formula is C23H15BrN4O2.